The van der Waals surface area contributed by atoms with Crippen molar-refractivity contribution in [2.75, 3.05) is 18.3 Å². The number of aromatic nitrogens is 2. The molecule has 0 unspecified atom stereocenters. The Morgan fingerprint density at radius 1 is 1.40 bits per heavy atom. The number of rotatable bonds is 6. The molecular weight excluding hydrogens is 298 g/mol. The molecule has 0 aliphatic heterocycles. The van der Waals surface area contributed by atoms with Gasteiger partial charge in [0.15, 0.2) is 0 Å². The molecule has 0 aliphatic carbocycles. The molecule has 8 heteroatoms. The van der Waals surface area contributed by atoms with Gasteiger partial charge in [0, 0.05) is 0 Å². The molecule has 1 amide bonds. The summed E-state index contributed by atoms with van der Waals surface area (Å²) in [6.07, 6.45) is 4.09. The molecule has 1 N–H and O–H groups in total. The molecule has 0 saturated heterocycles. The third kappa shape index (κ3) is 6.04. The van der Waals surface area contributed by atoms with E-state index in [0.717, 1.165) is 5.75 Å². The van der Waals surface area contributed by atoms with Gasteiger partial charge in [-0.3, -0.25) is 0 Å². The molecule has 1 aromatic rings. The summed E-state index contributed by atoms with van der Waals surface area (Å²) in [5.41, 5.74) is -0.534. The van der Waals surface area contributed by atoms with Gasteiger partial charge in [-0.1, -0.05) is 11.8 Å². The molecule has 1 aromatic heterocycles. The van der Waals surface area contributed by atoms with Gasteiger partial charge in [0.05, 0.1) is 0 Å². The fourth-order valence-corrected chi connectivity index (χ4v) is 2.15. The number of carbonyl (C=O) groups excluding carboxylic acids is 1. The fourth-order valence-electron chi connectivity index (χ4n) is 1.39. The standard InChI is InChI=1S/C12H21N3O3S2/c1-12(2,3)18-10(16)13-8(6-7-19-4)9-14-15-11(17-9)20-5/h8H,6-7H2,1-5H3,(H,13,16)/t8-/m0/s1. The predicted octanol–water partition coefficient (Wildman–Crippen LogP) is 3.11. The van der Waals surface area contributed by atoms with Crippen molar-refractivity contribution in [3.63, 3.8) is 0 Å². The Labute approximate surface area is 127 Å². The lowest BCUT2D eigenvalue weighted by Gasteiger charge is -2.22. The Bertz CT molecular complexity index is 432. The van der Waals surface area contributed by atoms with E-state index >= 15 is 0 Å². The van der Waals surface area contributed by atoms with E-state index in [1.807, 2.05) is 33.3 Å². The summed E-state index contributed by atoms with van der Waals surface area (Å²) in [5, 5.41) is 11.1. The van der Waals surface area contributed by atoms with Gasteiger partial charge >= 0.3 is 6.09 Å². The zero-order valence-electron chi connectivity index (χ0n) is 12.4. The third-order valence-corrected chi connectivity index (χ3v) is 3.35. The van der Waals surface area contributed by atoms with E-state index in [1.165, 1.54) is 11.8 Å². The Morgan fingerprint density at radius 3 is 2.60 bits per heavy atom. The van der Waals surface area contributed by atoms with E-state index in [0.29, 0.717) is 17.5 Å². The maximum Gasteiger partial charge on any atom is 0.408 e. The van der Waals surface area contributed by atoms with Gasteiger partial charge in [0.1, 0.15) is 11.6 Å². The lowest BCUT2D eigenvalue weighted by Crippen LogP contribution is -2.35. The highest BCUT2D eigenvalue weighted by molar-refractivity contribution is 7.98. The molecule has 114 valence electrons. The van der Waals surface area contributed by atoms with Crippen LogP contribution in [0, 0.1) is 0 Å². The second-order valence-electron chi connectivity index (χ2n) is 5.09. The average molecular weight is 319 g/mol. The zero-order valence-corrected chi connectivity index (χ0v) is 14.1. The van der Waals surface area contributed by atoms with Crippen LogP contribution in [0.15, 0.2) is 9.64 Å². The number of ether oxygens (including phenoxy) is 1. The van der Waals surface area contributed by atoms with Crippen LogP contribution in [0.4, 0.5) is 4.79 Å². The van der Waals surface area contributed by atoms with E-state index in [1.54, 1.807) is 11.8 Å². The smallest absolute Gasteiger partial charge is 0.408 e. The minimum Gasteiger partial charge on any atom is -0.444 e. The molecule has 0 spiro atoms. The van der Waals surface area contributed by atoms with Crippen LogP contribution in [0.3, 0.4) is 0 Å². The van der Waals surface area contributed by atoms with Gasteiger partial charge in [0.2, 0.25) is 5.89 Å². The van der Waals surface area contributed by atoms with Crippen molar-refractivity contribution in [1.82, 2.24) is 15.5 Å². The van der Waals surface area contributed by atoms with Gasteiger partial charge in [-0.15, -0.1) is 10.2 Å². The quantitative estimate of drug-likeness (QED) is 0.807. The van der Waals surface area contributed by atoms with Crippen LogP contribution in [-0.4, -0.2) is 40.2 Å². The molecule has 1 atom stereocenters. The highest BCUT2D eigenvalue weighted by atomic mass is 32.2. The Kier molecular flexibility index (Phi) is 6.67. The summed E-state index contributed by atoms with van der Waals surface area (Å²) in [6, 6.07) is -0.328. The van der Waals surface area contributed by atoms with Crippen molar-refractivity contribution in [3.05, 3.63) is 5.89 Å². The third-order valence-electron chi connectivity index (χ3n) is 2.20. The van der Waals surface area contributed by atoms with Crippen LogP contribution in [0.5, 0.6) is 0 Å². The number of alkyl carbamates (subject to hydrolysis) is 1. The Morgan fingerprint density at radius 2 is 2.10 bits per heavy atom. The van der Waals surface area contributed by atoms with Gasteiger partial charge in [-0.2, -0.15) is 11.8 Å². The largest absolute Gasteiger partial charge is 0.444 e. The van der Waals surface area contributed by atoms with Gasteiger partial charge in [-0.05, 0) is 45.5 Å². The number of amides is 1. The SMILES string of the molecule is CSCC[C@H](NC(=O)OC(C)(C)C)c1nnc(SC)o1. The molecule has 0 saturated carbocycles. The first-order valence-corrected chi connectivity index (χ1v) is 8.83. The van der Waals surface area contributed by atoms with Crippen molar-refractivity contribution < 1.29 is 13.9 Å². The molecule has 0 aromatic carbocycles. The molecular formula is C12H21N3O3S2. The topological polar surface area (TPSA) is 77.2 Å². The van der Waals surface area contributed by atoms with Gasteiger partial charge in [0.25, 0.3) is 5.22 Å². The molecule has 1 rings (SSSR count). The highest BCUT2D eigenvalue weighted by Crippen LogP contribution is 2.21. The average Bonchev–Trinajstić information content (AvgIpc) is 2.80. The second-order valence-corrected chi connectivity index (χ2v) is 6.83. The molecule has 0 fully saturated rings. The first-order valence-electron chi connectivity index (χ1n) is 6.21. The number of nitrogens with one attached hydrogen (secondary N) is 1. The van der Waals surface area contributed by atoms with Crippen molar-refractivity contribution in [3.8, 4) is 0 Å². The summed E-state index contributed by atoms with van der Waals surface area (Å²) < 4.78 is 10.7. The molecule has 6 nitrogen and oxygen atoms in total. The summed E-state index contributed by atoms with van der Waals surface area (Å²) in [5.74, 6) is 1.28. The Hall–Kier alpha value is -0.890. The first kappa shape index (κ1) is 17.2. The maximum absolute atomic E-state index is 11.8. The van der Waals surface area contributed by atoms with Crippen LogP contribution < -0.4 is 5.32 Å². The van der Waals surface area contributed by atoms with Crippen LogP contribution in [0.25, 0.3) is 0 Å². The summed E-state index contributed by atoms with van der Waals surface area (Å²) in [6.45, 7) is 5.46. The van der Waals surface area contributed by atoms with Crippen molar-refractivity contribution in [2.24, 2.45) is 0 Å². The minimum atomic E-state index is -0.534. The van der Waals surface area contributed by atoms with Crippen LogP contribution in [0.1, 0.15) is 39.1 Å². The maximum atomic E-state index is 11.8. The summed E-state index contributed by atoms with van der Waals surface area (Å²) in [7, 11) is 0. The molecule has 0 aliphatic rings. The molecule has 0 bridgehead atoms. The van der Waals surface area contributed by atoms with Crippen molar-refractivity contribution >= 4 is 29.6 Å². The van der Waals surface area contributed by atoms with E-state index in [4.69, 9.17) is 9.15 Å². The predicted molar refractivity (Wildman–Crippen MR) is 81.2 cm³/mol. The van der Waals surface area contributed by atoms with Crippen LogP contribution in [-0.2, 0) is 4.74 Å². The number of carbonyl (C=O) groups is 1. The lowest BCUT2D eigenvalue weighted by molar-refractivity contribution is 0.0493. The number of hydrogen-bond donors (Lipinski definition) is 1. The molecule has 0 radical (unpaired) electrons. The number of hydrogen-bond acceptors (Lipinski definition) is 7. The lowest BCUT2D eigenvalue weighted by atomic mass is 10.2. The Balaban J connectivity index is 2.71. The normalized spacial score (nSPS) is 13.1. The van der Waals surface area contributed by atoms with Gasteiger partial charge in [-0.25, -0.2) is 4.79 Å². The van der Waals surface area contributed by atoms with Crippen molar-refractivity contribution in [1.29, 1.82) is 0 Å². The highest BCUT2D eigenvalue weighted by Gasteiger charge is 2.24. The fraction of sp³-hybridized carbons (Fsp3) is 0.750. The van der Waals surface area contributed by atoms with E-state index < -0.39 is 11.7 Å². The monoisotopic (exact) mass is 319 g/mol. The molecule has 1 heterocycles. The molecule has 20 heavy (non-hydrogen) atoms. The van der Waals surface area contributed by atoms with E-state index in [-0.39, 0.29) is 6.04 Å². The number of thioether (sulfide) groups is 2. The summed E-state index contributed by atoms with van der Waals surface area (Å²) >= 11 is 3.06. The van der Waals surface area contributed by atoms with Crippen molar-refractivity contribution in [2.45, 2.75) is 44.1 Å². The second kappa shape index (κ2) is 7.78. The zero-order chi connectivity index (χ0) is 15.2. The summed E-state index contributed by atoms with van der Waals surface area (Å²) in [4.78, 5) is 11.8. The minimum absolute atomic E-state index is 0.328. The van der Waals surface area contributed by atoms with E-state index in [2.05, 4.69) is 15.5 Å². The van der Waals surface area contributed by atoms with E-state index in [9.17, 15) is 4.79 Å². The number of nitrogens with zero attached hydrogens (tertiary/aromatic N) is 2. The van der Waals surface area contributed by atoms with Crippen LogP contribution in [0.2, 0.25) is 0 Å². The van der Waals surface area contributed by atoms with Gasteiger partial charge < -0.3 is 14.5 Å². The first-order chi connectivity index (χ1) is 9.35. The van der Waals surface area contributed by atoms with Crippen LogP contribution >= 0.6 is 23.5 Å².